The minimum absolute atomic E-state index is 0.0685. The molecule has 0 unspecified atom stereocenters. The normalized spacial score (nSPS) is 15.5. The van der Waals surface area contributed by atoms with Gasteiger partial charge in [0.25, 0.3) is 5.91 Å². The number of amides is 2. The van der Waals surface area contributed by atoms with Crippen LogP contribution in [0.1, 0.15) is 11.1 Å². The van der Waals surface area contributed by atoms with Gasteiger partial charge < -0.3 is 9.88 Å². The van der Waals surface area contributed by atoms with Gasteiger partial charge in [-0.1, -0.05) is 72.5 Å². The van der Waals surface area contributed by atoms with Crippen LogP contribution < -0.4 is 5.32 Å². The minimum atomic E-state index is -0.0996. The van der Waals surface area contributed by atoms with Crippen molar-refractivity contribution in [2.45, 2.75) is 13.1 Å². The molecule has 1 aliphatic heterocycles. The van der Waals surface area contributed by atoms with Gasteiger partial charge in [0.1, 0.15) is 10.9 Å². The van der Waals surface area contributed by atoms with Gasteiger partial charge in [0.2, 0.25) is 5.91 Å². The highest BCUT2D eigenvalue weighted by Gasteiger charge is 2.29. The summed E-state index contributed by atoms with van der Waals surface area (Å²) >= 11 is 6.50. The zero-order chi connectivity index (χ0) is 20.4. The van der Waals surface area contributed by atoms with E-state index in [0.717, 1.165) is 22.0 Å². The molecule has 4 rings (SSSR count). The van der Waals surface area contributed by atoms with Crippen LogP contribution in [0.4, 0.5) is 0 Å². The Bertz CT molecular complexity index is 1140. The molecular weight excluding hydrogens is 402 g/mol. The number of rotatable bonds is 5. The largest absolute Gasteiger partial charge is 0.350 e. The molecule has 29 heavy (non-hydrogen) atoms. The van der Waals surface area contributed by atoms with Crippen molar-refractivity contribution in [1.82, 2.24) is 14.8 Å². The van der Waals surface area contributed by atoms with E-state index in [-0.39, 0.29) is 18.4 Å². The Balaban J connectivity index is 1.57. The molecule has 1 aromatic heterocycles. The number of hydrogen-bond acceptors (Lipinski definition) is 4. The molecule has 1 aliphatic rings. The van der Waals surface area contributed by atoms with Gasteiger partial charge in [-0.05, 0) is 17.7 Å². The first-order valence-corrected chi connectivity index (χ1v) is 10.4. The molecule has 1 fully saturated rings. The molecule has 146 valence electrons. The Morgan fingerprint density at radius 3 is 2.59 bits per heavy atom. The highest BCUT2D eigenvalue weighted by atomic mass is 32.2. The first-order chi connectivity index (χ1) is 14.0. The maximum Gasteiger partial charge on any atom is 0.265 e. The molecule has 7 heteroatoms. The Hall–Kier alpha value is -2.90. The number of para-hydroxylation sites is 1. The third-order valence-electron chi connectivity index (χ3n) is 4.74. The standard InChI is InChI=1S/C22H19N3O2S2/c1-24-21(27)19(29-22(24)28)11-16-13-25(18-10-6-5-9-17(16)18)14-20(26)23-12-15-7-3-2-4-8-15/h2-11,13H,12,14H2,1H3,(H,23,26)/b19-11-. The summed E-state index contributed by atoms with van der Waals surface area (Å²) in [6.07, 6.45) is 3.76. The summed E-state index contributed by atoms with van der Waals surface area (Å²) < 4.78 is 2.46. The lowest BCUT2D eigenvalue weighted by molar-refractivity contribution is -0.122. The smallest absolute Gasteiger partial charge is 0.265 e. The van der Waals surface area contributed by atoms with Gasteiger partial charge in [0.05, 0.1) is 4.91 Å². The molecule has 0 bridgehead atoms. The van der Waals surface area contributed by atoms with E-state index in [1.54, 1.807) is 7.05 Å². The molecule has 0 radical (unpaired) electrons. The number of aromatic nitrogens is 1. The third-order valence-corrected chi connectivity index (χ3v) is 6.22. The predicted octanol–water partition coefficient (Wildman–Crippen LogP) is 3.79. The van der Waals surface area contributed by atoms with Crippen molar-refractivity contribution >= 4 is 57.1 Å². The Morgan fingerprint density at radius 1 is 1.14 bits per heavy atom. The number of carbonyl (C=O) groups is 2. The summed E-state index contributed by atoms with van der Waals surface area (Å²) in [7, 11) is 1.68. The number of fused-ring (bicyclic) bond motifs is 1. The molecule has 0 spiro atoms. The van der Waals surface area contributed by atoms with Crippen LogP contribution in [-0.2, 0) is 22.7 Å². The molecule has 0 aliphatic carbocycles. The number of likely N-dealkylation sites (N-methyl/N-ethyl adjacent to an activating group) is 1. The lowest BCUT2D eigenvalue weighted by Crippen LogP contribution is -2.26. The van der Waals surface area contributed by atoms with Crippen molar-refractivity contribution < 1.29 is 9.59 Å². The van der Waals surface area contributed by atoms with E-state index in [0.29, 0.717) is 15.8 Å². The van der Waals surface area contributed by atoms with Crippen LogP contribution in [0.2, 0.25) is 0 Å². The van der Waals surface area contributed by atoms with E-state index >= 15 is 0 Å². The van der Waals surface area contributed by atoms with Crippen molar-refractivity contribution in [3.63, 3.8) is 0 Å². The van der Waals surface area contributed by atoms with Crippen LogP contribution in [0.25, 0.3) is 17.0 Å². The zero-order valence-corrected chi connectivity index (χ0v) is 17.4. The number of thiocarbonyl (C=S) groups is 1. The van der Waals surface area contributed by atoms with Crippen LogP contribution in [0.15, 0.2) is 65.7 Å². The second-order valence-electron chi connectivity index (χ2n) is 6.73. The summed E-state index contributed by atoms with van der Waals surface area (Å²) in [6, 6.07) is 17.7. The van der Waals surface area contributed by atoms with E-state index in [4.69, 9.17) is 12.2 Å². The van der Waals surface area contributed by atoms with Gasteiger partial charge >= 0.3 is 0 Å². The number of nitrogens with zero attached hydrogens (tertiary/aromatic N) is 2. The fourth-order valence-corrected chi connectivity index (χ4v) is 4.39. The first-order valence-electron chi connectivity index (χ1n) is 9.13. The Morgan fingerprint density at radius 2 is 1.86 bits per heavy atom. The van der Waals surface area contributed by atoms with E-state index in [1.165, 1.54) is 16.7 Å². The summed E-state index contributed by atoms with van der Waals surface area (Å²) in [5.41, 5.74) is 2.89. The van der Waals surface area contributed by atoms with Crippen molar-refractivity contribution in [1.29, 1.82) is 0 Å². The maximum absolute atomic E-state index is 12.5. The Labute approximate surface area is 178 Å². The SMILES string of the molecule is CN1C(=O)/C(=C/c2cn(CC(=O)NCc3ccccc3)c3ccccc23)SC1=S. The topological polar surface area (TPSA) is 54.3 Å². The molecule has 1 saturated heterocycles. The van der Waals surface area contributed by atoms with Gasteiger partial charge in [0, 0.05) is 36.3 Å². The van der Waals surface area contributed by atoms with Gasteiger partial charge in [-0.15, -0.1) is 0 Å². The van der Waals surface area contributed by atoms with E-state index in [1.807, 2.05) is 71.4 Å². The highest BCUT2D eigenvalue weighted by molar-refractivity contribution is 8.26. The fourth-order valence-electron chi connectivity index (χ4n) is 3.21. The van der Waals surface area contributed by atoms with Crippen molar-refractivity contribution in [2.75, 3.05) is 7.05 Å². The van der Waals surface area contributed by atoms with Crippen LogP contribution in [0.3, 0.4) is 0 Å². The summed E-state index contributed by atoms with van der Waals surface area (Å²) in [6.45, 7) is 0.695. The van der Waals surface area contributed by atoms with Gasteiger partial charge in [-0.2, -0.15) is 0 Å². The zero-order valence-electron chi connectivity index (χ0n) is 15.8. The van der Waals surface area contributed by atoms with E-state index in [9.17, 15) is 9.59 Å². The molecule has 5 nitrogen and oxygen atoms in total. The quantitative estimate of drug-likeness (QED) is 0.503. The molecule has 0 saturated carbocycles. The van der Waals surface area contributed by atoms with E-state index in [2.05, 4.69) is 5.32 Å². The van der Waals surface area contributed by atoms with Crippen LogP contribution in [0, 0.1) is 0 Å². The average molecular weight is 422 g/mol. The molecular formula is C22H19N3O2S2. The summed E-state index contributed by atoms with van der Waals surface area (Å²) in [4.78, 5) is 26.9. The molecule has 3 aromatic rings. The second kappa shape index (κ2) is 8.23. The van der Waals surface area contributed by atoms with Gasteiger partial charge in [-0.25, -0.2) is 0 Å². The van der Waals surface area contributed by atoms with Crippen LogP contribution >= 0.6 is 24.0 Å². The fraction of sp³-hybridized carbons (Fsp3) is 0.136. The summed E-state index contributed by atoms with van der Waals surface area (Å²) in [5.74, 6) is -0.168. The summed E-state index contributed by atoms with van der Waals surface area (Å²) in [5, 5.41) is 3.95. The first kappa shape index (κ1) is 19.4. The van der Waals surface area contributed by atoms with Crippen molar-refractivity contribution in [3.8, 4) is 0 Å². The number of nitrogens with one attached hydrogen (secondary N) is 1. The molecule has 0 atom stereocenters. The van der Waals surface area contributed by atoms with E-state index < -0.39 is 0 Å². The number of benzene rings is 2. The number of carbonyl (C=O) groups excluding carboxylic acids is 2. The molecule has 2 heterocycles. The molecule has 2 amide bonds. The monoisotopic (exact) mass is 421 g/mol. The molecule has 1 N–H and O–H groups in total. The number of thioether (sulfide) groups is 1. The number of hydrogen-bond donors (Lipinski definition) is 1. The Kier molecular flexibility index (Phi) is 5.51. The van der Waals surface area contributed by atoms with Crippen LogP contribution in [-0.4, -0.2) is 32.6 Å². The predicted molar refractivity (Wildman–Crippen MR) is 121 cm³/mol. The van der Waals surface area contributed by atoms with Crippen LogP contribution in [0.5, 0.6) is 0 Å². The molecule has 2 aromatic carbocycles. The highest BCUT2D eigenvalue weighted by Crippen LogP contribution is 2.33. The maximum atomic E-state index is 12.5. The van der Waals surface area contributed by atoms with Crippen molar-refractivity contribution in [2.24, 2.45) is 0 Å². The minimum Gasteiger partial charge on any atom is -0.350 e. The lowest BCUT2D eigenvalue weighted by atomic mass is 10.1. The second-order valence-corrected chi connectivity index (χ2v) is 8.41. The average Bonchev–Trinajstić information content (AvgIpc) is 3.20. The third kappa shape index (κ3) is 4.11. The lowest BCUT2D eigenvalue weighted by Gasteiger charge is -2.07. The van der Waals surface area contributed by atoms with Gasteiger partial charge in [-0.3, -0.25) is 14.5 Å². The van der Waals surface area contributed by atoms with Crippen molar-refractivity contribution in [3.05, 3.63) is 76.8 Å². The van der Waals surface area contributed by atoms with Gasteiger partial charge in [0.15, 0.2) is 0 Å².